The normalized spacial score (nSPS) is 11.8. The highest BCUT2D eigenvalue weighted by molar-refractivity contribution is 5.30. The maximum atomic E-state index is 5.14. The predicted molar refractivity (Wildman–Crippen MR) is 81.1 cm³/mol. The smallest absolute Gasteiger partial charge is 0.170 e. The van der Waals surface area contributed by atoms with Crippen LogP contribution in [0.2, 0.25) is 0 Å². The third kappa shape index (κ3) is 4.61. The lowest BCUT2D eigenvalue weighted by Crippen LogP contribution is -2.31. The molecule has 0 atom stereocenters. The summed E-state index contributed by atoms with van der Waals surface area (Å²) in [6.07, 6.45) is 1.01. The second-order valence-corrected chi connectivity index (χ2v) is 5.85. The molecule has 0 fully saturated rings. The van der Waals surface area contributed by atoms with E-state index in [0.29, 0.717) is 6.54 Å². The van der Waals surface area contributed by atoms with Crippen LogP contribution >= 0.6 is 0 Å². The first kappa shape index (κ1) is 15.6. The Morgan fingerprint density at radius 2 is 2.00 bits per heavy atom. The number of tetrazole rings is 1. The largest absolute Gasteiger partial charge is 0.385 e. The Morgan fingerprint density at radius 3 is 2.71 bits per heavy atom. The maximum Gasteiger partial charge on any atom is 0.170 e. The van der Waals surface area contributed by atoms with E-state index in [9.17, 15) is 0 Å². The number of methoxy groups -OCH3 is 1. The molecular weight excluding hydrogens is 266 g/mol. The van der Waals surface area contributed by atoms with Crippen molar-refractivity contribution in [2.45, 2.75) is 26.8 Å². The summed E-state index contributed by atoms with van der Waals surface area (Å²) in [7, 11) is 1.73. The molecule has 0 radical (unpaired) electrons. The average molecular weight is 289 g/mol. The lowest BCUT2D eigenvalue weighted by molar-refractivity contribution is 0.150. The van der Waals surface area contributed by atoms with E-state index >= 15 is 0 Å². The van der Waals surface area contributed by atoms with Gasteiger partial charge in [-0.2, -0.15) is 4.68 Å². The fourth-order valence-electron chi connectivity index (χ4n) is 2.07. The number of aromatic nitrogens is 4. The van der Waals surface area contributed by atoms with Gasteiger partial charge >= 0.3 is 0 Å². The first-order valence-corrected chi connectivity index (χ1v) is 7.15. The topological polar surface area (TPSA) is 64.9 Å². The van der Waals surface area contributed by atoms with Crippen LogP contribution in [0.4, 0.5) is 0 Å². The predicted octanol–water partition coefficient (Wildman–Crippen LogP) is 1.81. The van der Waals surface area contributed by atoms with Crippen LogP contribution < -0.4 is 5.32 Å². The molecule has 0 amide bonds. The molecule has 1 aromatic carbocycles. The summed E-state index contributed by atoms with van der Waals surface area (Å²) in [5.74, 6) is 0.809. The van der Waals surface area contributed by atoms with E-state index in [1.807, 2.05) is 30.3 Å². The quantitative estimate of drug-likeness (QED) is 0.803. The molecule has 6 nitrogen and oxygen atoms in total. The van der Waals surface area contributed by atoms with E-state index in [2.05, 4.69) is 34.7 Å². The first-order valence-electron chi connectivity index (χ1n) is 7.15. The zero-order valence-electron chi connectivity index (χ0n) is 12.9. The van der Waals surface area contributed by atoms with Gasteiger partial charge in [0.1, 0.15) is 0 Å². The van der Waals surface area contributed by atoms with Crippen molar-refractivity contribution in [3.63, 3.8) is 0 Å². The zero-order valence-corrected chi connectivity index (χ0v) is 12.9. The van der Waals surface area contributed by atoms with Gasteiger partial charge in [0.2, 0.25) is 0 Å². The lowest BCUT2D eigenvalue weighted by atomic mass is 9.90. The SMILES string of the molecule is COCCC(C)(C)CNCc1nnnn1-c1ccccc1. The Balaban J connectivity index is 1.92. The van der Waals surface area contributed by atoms with Crippen molar-refractivity contribution in [2.75, 3.05) is 20.3 Å². The van der Waals surface area contributed by atoms with E-state index in [1.165, 1.54) is 0 Å². The minimum absolute atomic E-state index is 0.182. The van der Waals surface area contributed by atoms with Crippen molar-refractivity contribution < 1.29 is 4.74 Å². The van der Waals surface area contributed by atoms with Crippen molar-refractivity contribution in [1.29, 1.82) is 0 Å². The fraction of sp³-hybridized carbons (Fsp3) is 0.533. The molecule has 1 N–H and O–H groups in total. The van der Waals surface area contributed by atoms with Crippen molar-refractivity contribution in [3.8, 4) is 5.69 Å². The number of benzene rings is 1. The van der Waals surface area contributed by atoms with E-state index < -0.39 is 0 Å². The van der Waals surface area contributed by atoms with Crippen LogP contribution in [-0.4, -0.2) is 40.5 Å². The molecule has 6 heteroatoms. The van der Waals surface area contributed by atoms with Gasteiger partial charge in [0, 0.05) is 20.3 Å². The Bertz CT molecular complexity index is 538. The lowest BCUT2D eigenvalue weighted by Gasteiger charge is -2.24. The molecule has 1 heterocycles. The zero-order chi connectivity index (χ0) is 15.1. The molecule has 0 saturated carbocycles. The highest BCUT2D eigenvalue weighted by atomic mass is 16.5. The molecule has 0 aliphatic heterocycles. The molecule has 1 aromatic heterocycles. The van der Waals surface area contributed by atoms with E-state index in [-0.39, 0.29) is 5.41 Å². The van der Waals surface area contributed by atoms with Crippen molar-refractivity contribution >= 4 is 0 Å². The number of hydrogen-bond acceptors (Lipinski definition) is 5. The van der Waals surface area contributed by atoms with Gasteiger partial charge in [0.25, 0.3) is 0 Å². The number of rotatable bonds is 8. The minimum Gasteiger partial charge on any atom is -0.385 e. The number of hydrogen-bond donors (Lipinski definition) is 1. The molecule has 0 bridgehead atoms. The summed E-state index contributed by atoms with van der Waals surface area (Å²) in [5.41, 5.74) is 1.15. The molecule has 0 unspecified atom stereocenters. The summed E-state index contributed by atoms with van der Waals surface area (Å²) < 4.78 is 6.90. The van der Waals surface area contributed by atoms with Crippen LogP contribution in [0, 0.1) is 5.41 Å². The highest BCUT2D eigenvalue weighted by Crippen LogP contribution is 2.18. The van der Waals surface area contributed by atoms with E-state index in [4.69, 9.17) is 4.74 Å². The van der Waals surface area contributed by atoms with Gasteiger partial charge in [-0.15, -0.1) is 5.10 Å². The second kappa shape index (κ2) is 7.28. The highest BCUT2D eigenvalue weighted by Gasteiger charge is 2.17. The van der Waals surface area contributed by atoms with Gasteiger partial charge in [0.15, 0.2) is 5.82 Å². The summed E-state index contributed by atoms with van der Waals surface area (Å²) in [4.78, 5) is 0. The van der Waals surface area contributed by atoms with Gasteiger partial charge in [-0.05, 0) is 34.4 Å². The van der Waals surface area contributed by atoms with Crippen molar-refractivity contribution in [3.05, 3.63) is 36.2 Å². The summed E-state index contributed by atoms with van der Waals surface area (Å²) in [6.45, 7) is 6.74. The third-order valence-corrected chi connectivity index (χ3v) is 3.40. The molecule has 2 aromatic rings. The number of nitrogens with zero attached hydrogens (tertiary/aromatic N) is 4. The van der Waals surface area contributed by atoms with Crippen LogP contribution in [0.15, 0.2) is 30.3 Å². The van der Waals surface area contributed by atoms with Crippen molar-refractivity contribution in [2.24, 2.45) is 5.41 Å². The van der Waals surface area contributed by atoms with Crippen LogP contribution in [0.1, 0.15) is 26.1 Å². The molecule has 0 spiro atoms. The van der Waals surface area contributed by atoms with Crippen LogP contribution in [-0.2, 0) is 11.3 Å². The van der Waals surface area contributed by atoms with Gasteiger partial charge in [-0.25, -0.2) is 0 Å². The first-order chi connectivity index (χ1) is 10.1. The van der Waals surface area contributed by atoms with Gasteiger partial charge in [-0.1, -0.05) is 32.0 Å². The number of nitrogens with one attached hydrogen (secondary N) is 1. The van der Waals surface area contributed by atoms with Crippen LogP contribution in [0.5, 0.6) is 0 Å². The summed E-state index contributed by atoms with van der Waals surface area (Å²) in [5, 5.41) is 15.3. The maximum absolute atomic E-state index is 5.14. The average Bonchev–Trinajstić information content (AvgIpc) is 2.94. The molecule has 114 valence electrons. The Morgan fingerprint density at radius 1 is 1.24 bits per heavy atom. The summed E-state index contributed by atoms with van der Waals surface area (Å²) >= 11 is 0. The van der Waals surface area contributed by atoms with Crippen LogP contribution in [0.25, 0.3) is 5.69 Å². The number of ether oxygens (including phenoxy) is 1. The summed E-state index contributed by atoms with van der Waals surface area (Å²) in [6, 6.07) is 9.90. The van der Waals surface area contributed by atoms with E-state index in [0.717, 1.165) is 31.1 Å². The van der Waals surface area contributed by atoms with Gasteiger partial charge < -0.3 is 10.1 Å². The Hall–Kier alpha value is -1.79. The monoisotopic (exact) mass is 289 g/mol. The van der Waals surface area contributed by atoms with E-state index in [1.54, 1.807) is 11.8 Å². The van der Waals surface area contributed by atoms with Gasteiger partial charge in [0.05, 0.1) is 12.2 Å². The fourth-order valence-corrected chi connectivity index (χ4v) is 2.07. The Labute approximate surface area is 125 Å². The van der Waals surface area contributed by atoms with Crippen LogP contribution in [0.3, 0.4) is 0 Å². The third-order valence-electron chi connectivity index (χ3n) is 3.40. The number of para-hydroxylation sites is 1. The van der Waals surface area contributed by atoms with Gasteiger partial charge in [-0.3, -0.25) is 0 Å². The molecule has 0 aliphatic carbocycles. The molecule has 0 aliphatic rings. The standard InChI is InChI=1S/C15H23N5O/c1-15(2,9-10-21-3)12-16-11-14-17-18-19-20(14)13-7-5-4-6-8-13/h4-8,16H,9-12H2,1-3H3. The van der Waals surface area contributed by atoms with Crippen molar-refractivity contribution in [1.82, 2.24) is 25.5 Å². The minimum atomic E-state index is 0.182. The second-order valence-electron chi connectivity index (χ2n) is 5.85. The Kier molecular flexibility index (Phi) is 5.41. The molecule has 2 rings (SSSR count). The molecule has 0 saturated heterocycles. The molecular formula is C15H23N5O. The molecule has 21 heavy (non-hydrogen) atoms.